The largest absolute Gasteiger partial charge is 0.326 e. The number of ketones is 1. The third-order valence-corrected chi connectivity index (χ3v) is 5.50. The highest BCUT2D eigenvalue weighted by Gasteiger charge is 2.09. The number of thioether (sulfide) groups is 1. The van der Waals surface area contributed by atoms with E-state index in [-0.39, 0.29) is 11.7 Å². The van der Waals surface area contributed by atoms with Crippen molar-refractivity contribution in [3.8, 4) is 0 Å². The number of thiophene rings is 1. The Morgan fingerprint density at radius 3 is 2.88 bits per heavy atom. The van der Waals surface area contributed by atoms with Gasteiger partial charge in [-0.15, -0.1) is 23.1 Å². The van der Waals surface area contributed by atoms with Crippen molar-refractivity contribution in [2.75, 3.05) is 11.1 Å². The molecule has 2 heterocycles. The third kappa shape index (κ3) is 4.43. The van der Waals surface area contributed by atoms with Crippen LogP contribution in [0.5, 0.6) is 0 Å². The van der Waals surface area contributed by atoms with Gasteiger partial charge >= 0.3 is 0 Å². The quantitative estimate of drug-likeness (QED) is 0.397. The van der Waals surface area contributed by atoms with Crippen molar-refractivity contribution in [1.29, 1.82) is 0 Å². The molecule has 3 aromatic rings. The average molecular weight is 371 g/mol. The fourth-order valence-corrected chi connectivity index (χ4v) is 4.17. The van der Waals surface area contributed by atoms with Gasteiger partial charge in [0.1, 0.15) is 16.2 Å². The lowest BCUT2D eigenvalue weighted by Gasteiger charge is -2.06. The zero-order valence-corrected chi connectivity index (χ0v) is 15.5. The molecule has 0 saturated carbocycles. The van der Waals surface area contributed by atoms with Crippen LogP contribution in [0, 0.1) is 6.92 Å². The van der Waals surface area contributed by atoms with Crippen LogP contribution in [0.4, 0.5) is 5.69 Å². The van der Waals surface area contributed by atoms with Crippen molar-refractivity contribution < 1.29 is 9.59 Å². The van der Waals surface area contributed by atoms with Crippen LogP contribution < -0.4 is 5.32 Å². The summed E-state index contributed by atoms with van der Waals surface area (Å²) in [5.74, 6) is 0.518. The predicted octanol–water partition coefficient (Wildman–Crippen LogP) is 4.32. The summed E-state index contributed by atoms with van der Waals surface area (Å²) in [7, 11) is 0. The number of benzene rings is 1. The number of carbonyl (C=O) groups is 2. The molecule has 0 radical (unpaired) electrons. The Labute approximate surface area is 153 Å². The van der Waals surface area contributed by atoms with Gasteiger partial charge < -0.3 is 5.32 Å². The van der Waals surface area contributed by atoms with Gasteiger partial charge in [0.2, 0.25) is 5.91 Å². The summed E-state index contributed by atoms with van der Waals surface area (Å²) in [6.07, 6.45) is 1.93. The van der Waals surface area contributed by atoms with E-state index in [9.17, 15) is 9.59 Å². The molecule has 0 aliphatic rings. The predicted molar refractivity (Wildman–Crippen MR) is 103 cm³/mol. The fraction of sp³-hybridized carbons (Fsp3) is 0.222. The molecular formula is C18H17N3O2S2. The molecule has 7 heteroatoms. The molecule has 25 heavy (non-hydrogen) atoms. The van der Waals surface area contributed by atoms with Gasteiger partial charge in [0.05, 0.1) is 0 Å². The molecule has 1 amide bonds. The lowest BCUT2D eigenvalue weighted by molar-refractivity contribution is -0.115. The molecule has 1 aromatic carbocycles. The molecule has 0 spiro atoms. The van der Waals surface area contributed by atoms with E-state index in [0.717, 1.165) is 15.2 Å². The molecular weight excluding hydrogens is 354 g/mol. The molecule has 0 fully saturated rings. The van der Waals surface area contributed by atoms with Gasteiger partial charge in [-0.1, -0.05) is 12.1 Å². The van der Waals surface area contributed by atoms with Gasteiger partial charge in [0.25, 0.3) is 0 Å². The molecule has 0 bridgehead atoms. The minimum atomic E-state index is -0.0833. The molecule has 3 rings (SSSR count). The Morgan fingerprint density at radius 2 is 2.08 bits per heavy atom. The Hall–Kier alpha value is -2.25. The lowest BCUT2D eigenvalue weighted by atomic mass is 10.1. The fourth-order valence-electron chi connectivity index (χ4n) is 2.35. The number of nitrogens with zero attached hydrogens (tertiary/aromatic N) is 2. The monoisotopic (exact) mass is 371 g/mol. The lowest BCUT2D eigenvalue weighted by Crippen LogP contribution is -2.12. The summed E-state index contributed by atoms with van der Waals surface area (Å²) in [6, 6.07) is 9.04. The second kappa shape index (κ2) is 7.76. The van der Waals surface area contributed by atoms with Crippen LogP contribution in [-0.4, -0.2) is 27.4 Å². The van der Waals surface area contributed by atoms with Crippen LogP contribution in [0.15, 0.2) is 41.7 Å². The Bertz CT molecular complexity index is 937. The van der Waals surface area contributed by atoms with Crippen LogP contribution in [0.2, 0.25) is 0 Å². The van der Waals surface area contributed by atoms with E-state index < -0.39 is 0 Å². The van der Waals surface area contributed by atoms with Gasteiger partial charge in [-0.25, -0.2) is 9.97 Å². The van der Waals surface area contributed by atoms with Gasteiger partial charge in [0.15, 0.2) is 5.78 Å². The molecule has 2 aromatic heterocycles. The normalized spacial score (nSPS) is 10.8. The van der Waals surface area contributed by atoms with Crippen molar-refractivity contribution in [1.82, 2.24) is 9.97 Å². The van der Waals surface area contributed by atoms with Crippen LogP contribution in [0.1, 0.15) is 28.6 Å². The number of aromatic nitrogens is 2. The summed E-state index contributed by atoms with van der Waals surface area (Å²) in [5, 5.41) is 4.78. The van der Waals surface area contributed by atoms with E-state index in [1.807, 2.05) is 6.92 Å². The number of nitrogens with one attached hydrogen (secondary N) is 1. The highest BCUT2D eigenvalue weighted by molar-refractivity contribution is 7.99. The van der Waals surface area contributed by atoms with E-state index >= 15 is 0 Å². The van der Waals surface area contributed by atoms with Crippen molar-refractivity contribution in [2.45, 2.75) is 25.3 Å². The first-order valence-electron chi connectivity index (χ1n) is 7.78. The van der Waals surface area contributed by atoms with Crippen LogP contribution >= 0.6 is 23.1 Å². The number of hydrogen-bond donors (Lipinski definition) is 1. The maximum Gasteiger partial charge on any atom is 0.225 e. The van der Waals surface area contributed by atoms with Crippen molar-refractivity contribution in [3.63, 3.8) is 0 Å². The summed E-state index contributed by atoms with van der Waals surface area (Å²) in [6.45, 7) is 3.55. The summed E-state index contributed by atoms with van der Waals surface area (Å²) >= 11 is 3.19. The highest BCUT2D eigenvalue weighted by atomic mass is 32.2. The summed E-state index contributed by atoms with van der Waals surface area (Å²) in [5.41, 5.74) is 1.23. The molecule has 5 nitrogen and oxygen atoms in total. The zero-order valence-electron chi connectivity index (χ0n) is 13.9. The molecule has 0 aliphatic carbocycles. The van der Waals surface area contributed by atoms with Gasteiger partial charge in [-0.3, -0.25) is 9.59 Å². The first kappa shape index (κ1) is 17.6. The number of carbonyl (C=O) groups excluding carboxylic acids is 2. The van der Waals surface area contributed by atoms with E-state index in [1.165, 1.54) is 11.8 Å². The van der Waals surface area contributed by atoms with Gasteiger partial charge in [-0.2, -0.15) is 0 Å². The molecule has 0 aliphatic heterocycles. The maximum absolute atomic E-state index is 12.1. The third-order valence-electron chi connectivity index (χ3n) is 3.54. The Balaban J connectivity index is 1.57. The van der Waals surface area contributed by atoms with Gasteiger partial charge in [-0.05, 0) is 32.0 Å². The zero-order chi connectivity index (χ0) is 17.8. The standard InChI is InChI=1S/C18H17N3O2S2/c1-11-8-15-17(19-10-20-18(15)25-11)24-7-6-16(23)21-14-5-3-4-13(9-14)12(2)22/h3-5,8-10H,6-7H2,1-2H3,(H,21,23). The first-order chi connectivity index (χ1) is 12.0. The highest BCUT2D eigenvalue weighted by Crippen LogP contribution is 2.30. The number of hydrogen-bond acceptors (Lipinski definition) is 6. The number of aryl methyl sites for hydroxylation is 1. The SMILES string of the molecule is CC(=O)c1cccc(NC(=O)CCSc2ncnc3sc(C)cc23)c1. The number of amides is 1. The molecule has 0 saturated heterocycles. The molecule has 1 N–H and O–H groups in total. The number of Topliss-reactive ketones (excluding diaryl/α,β-unsaturated/α-hetero) is 1. The van der Waals surface area contributed by atoms with E-state index in [4.69, 9.17) is 0 Å². The molecule has 0 atom stereocenters. The topological polar surface area (TPSA) is 72.0 Å². The van der Waals surface area contributed by atoms with Gasteiger partial charge in [0, 0.05) is 33.7 Å². The molecule has 0 unspecified atom stereocenters. The summed E-state index contributed by atoms with van der Waals surface area (Å²) < 4.78 is 0. The smallest absolute Gasteiger partial charge is 0.225 e. The van der Waals surface area contributed by atoms with Crippen LogP contribution in [0.25, 0.3) is 10.2 Å². The van der Waals surface area contributed by atoms with Crippen molar-refractivity contribution in [3.05, 3.63) is 47.1 Å². The van der Waals surface area contributed by atoms with E-state index in [2.05, 4.69) is 21.4 Å². The minimum Gasteiger partial charge on any atom is -0.326 e. The number of anilines is 1. The Kier molecular flexibility index (Phi) is 5.45. The second-order valence-electron chi connectivity index (χ2n) is 5.54. The van der Waals surface area contributed by atoms with Crippen molar-refractivity contribution >= 4 is 50.7 Å². The minimum absolute atomic E-state index is 0.0227. The van der Waals surface area contributed by atoms with Crippen LogP contribution in [0.3, 0.4) is 0 Å². The molecule has 128 valence electrons. The average Bonchev–Trinajstić information content (AvgIpc) is 2.96. The van der Waals surface area contributed by atoms with Crippen molar-refractivity contribution in [2.24, 2.45) is 0 Å². The number of rotatable bonds is 6. The first-order valence-corrected chi connectivity index (χ1v) is 9.58. The van der Waals surface area contributed by atoms with E-state index in [0.29, 0.717) is 23.4 Å². The van der Waals surface area contributed by atoms with E-state index in [1.54, 1.807) is 53.7 Å². The second-order valence-corrected chi connectivity index (χ2v) is 7.86. The number of fused-ring (bicyclic) bond motifs is 1. The summed E-state index contributed by atoms with van der Waals surface area (Å²) in [4.78, 5) is 34.3. The Morgan fingerprint density at radius 1 is 1.24 bits per heavy atom. The maximum atomic E-state index is 12.1. The van der Waals surface area contributed by atoms with Crippen LogP contribution in [-0.2, 0) is 4.79 Å².